The van der Waals surface area contributed by atoms with E-state index in [0.29, 0.717) is 11.8 Å². The summed E-state index contributed by atoms with van der Waals surface area (Å²) in [5, 5.41) is 14.7. The minimum Gasteiger partial charge on any atom is -0.481 e. The van der Waals surface area contributed by atoms with E-state index in [9.17, 15) is 4.79 Å². The predicted molar refractivity (Wildman–Crippen MR) is 63.9 cm³/mol. The molecule has 1 aromatic heterocycles. The van der Waals surface area contributed by atoms with Crippen LogP contribution in [0.15, 0.2) is 5.38 Å². The van der Waals surface area contributed by atoms with Gasteiger partial charge in [0, 0.05) is 18.3 Å². The summed E-state index contributed by atoms with van der Waals surface area (Å²) in [5.74, 6) is -0.770. The number of rotatable bonds is 6. The minimum absolute atomic E-state index is 0.154. The second-order valence-electron chi connectivity index (χ2n) is 4.70. The van der Waals surface area contributed by atoms with Gasteiger partial charge in [0.2, 0.25) is 0 Å². The number of nitrogens with zero attached hydrogens (tertiary/aromatic N) is 1. The fourth-order valence-electron chi connectivity index (χ4n) is 1.42. The Morgan fingerprint density at radius 1 is 1.69 bits per heavy atom. The average molecular weight is 240 g/mol. The standard InChI is InChI=1S/C11H16N2O2S/c1-11(4-5-11)7-12-10-13-8(6-16-10)2-3-9(14)15/h6H,2-5,7H2,1H3,(H,12,13)(H,14,15). The van der Waals surface area contributed by atoms with E-state index >= 15 is 0 Å². The van der Waals surface area contributed by atoms with Gasteiger partial charge in [-0.2, -0.15) is 0 Å². The lowest BCUT2D eigenvalue weighted by Gasteiger charge is -2.07. The van der Waals surface area contributed by atoms with Crippen LogP contribution in [-0.4, -0.2) is 22.6 Å². The first-order valence-corrected chi connectivity index (χ1v) is 6.35. The molecule has 0 radical (unpaired) electrons. The number of aromatic nitrogens is 1. The van der Waals surface area contributed by atoms with E-state index in [-0.39, 0.29) is 6.42 Å². The molecule has 1 aliphatic carbocycles. The molecule has 0 saturated heterocycles. The third-order valence-electron chi connectivity index (χ3n) is 2.92. The summed E-state index contributed by atoms with van der Waals surface area (Å²) in [6.45, 7) is 3.23. The highest BCUT2D eigenvalue weighted by Gasteiger charge is 2.36. The van der Waals surface area contributed by atoms with Crippen molar-refractivity contribution in [1.29, 1.82) is 0 Å². The van der Waals surface area contributed by atoms with Crippen molar-refractivity contribution in [2.45, 2.75) is 32.6 Å². The largest absolute Gasteiger partial charge is 0.481 e. The molecule has 0 atom stereocenters. The van der Waals surface area contributed by atoms with Gasteiger partial charge in [0.15, 0.2) is 5.13 Å². The van der Waals surface area contributed by atoms with Crippen LogP contribution in [0, 0.1) is 5.41 Å². The van der Waals surface area contributed by atoms with Crippen LogP contribution in [0.3, 0.4) is 0 Å². The Morgan fingerprint density at radius 3 is 3.06 bits per heavy atom. The van der Waals surface area contributed by atoms with Gasteiger partial charge in [0.1, 0.15) is 0 Å². The molecule has 16 heavy (non-hydrogen) atoms. The molecule has 2 rings (SSSR count). The van der Waals surface area contributed by atoms with Crippen LogP contribution < -0.4 is 5.32 Å². The van der Waals surface area contributed by atoms with E-state index in [2.05, 4.69) is 17.2 Å². The molecule has 0 unspecified atom stereocenters. The topological polar surface area (TPSA) is 62.2 Å². The zero-order valence-corrected chi connectivity index (χ0v) is 10.1. The quantitative estimate of drug-likeness (QED) is 0.801. The molecular formula is C11H16N2O2S. The van der Waals surface area contributed by atoms with Crippen molar-refractivity contribution in [3.8, 4) is 0 Å². The Hall–Kier alpha value is -1.10. The van der Waals surface area contributed by atoms with Crippen LogP contribution >= 0.6 is 11.3 Å². The van der Waals surface area contributed by atoms with Crippen molar-refractivity contribution in [2.75, 3.05) is 11.9 Å². The molecule has 0 amide bonds. The fraction of sp³-hybridized carbons (Fsp3) is 0.636. The van der Waals surface area contributed by atoms with Crippen LogP contribution in [0.4, 0.5) is 5.13 Å². The van der Waals surface area contributed by atoms with E-state index in [1.807, 2.05) is 5.38 Å². The number of aliphatic carboxylic acids is 1. The van der Waals surface area contributed by atoms with Crippen LogP contribution in [0.5, 0.6) is 0 Å². The Kier molecular flexibility index (Phi) is 3.14. The molecular weight excluding hydrogens is 224 g/mol. The molecule has 1 aromatic rings. The van der Waals surface area contributed by atoms with E-state index in [1.165, 1.54) is 12.8 Å². The SMILES string of the molecule is CC1(CNc2nc(CCC(=O)O)cs2)CC1. The first kappa shape index (κ1) is 11.4. The molecule has 1 heterocycles. The summed E-state index contributed by atoms with van der Waals surface area (Å²) in [4.78, 5) is 14.8. The van der Waals surface area contributed by atoms with Crippen molar-refractivity contribution in [2.24, 2.45) is 5.41 Å². The molecule has 88 valence electrons. The molecule has 1 fully saturated rings. The predicted octanol–water partition coefficient (Wildman–Crippen LogP) is 2.37. The van der Waals surface area contributed by atoms with Crippen molar-refractivity contribution in [3.05, 3.63) is 11.1 Å². The molecule has 5 heteroatoms. The van der Waals surface area contributed by atoms with Crippen molar-refractivity contribution in [3.63, 3.8) is 0 Å². The molecule has 2 N–H and O–H groups in total. The van der Waals surface area contributed by atoms with Crippen molar-refractivity contribution >= 4 is 22.4 Å². The van der Waals surface area contributed by atoms with Gasteiger partial charge in [-0.3, -0.25) is 4.79 Å². The molecule has 4 nitrogen and oxygen atoms in total. The highest BCUT2D eigenvalue weighted by molar-refractivity contribution is 7.13. The molecule has 1 saturated carbocycles. The van der Waals surface area contributed by atoms with Gasteiger partial charge in [-0.05, 0) is 18.3 Å². The zero-order chi connectivity index (χ0) is 11.6. The van der Waals surface area contributed by atoms with Crippen LogP contribution in [-0.2, 0) is 11.2 Å². The van der Waals surface area contributed by atoms with E-state index in [1.54, 1.807) is 11.3 Å². The number of thiazole rings is 1. The molecule has 0 aromatic carbocycles. The van der Waals surface area contributed by atoms with Gasteiger partial charge < -0.3 is 10.4 Å². The Balaban J connectivity index is 1.79. The second-order valence-corrected chi connectivity index (χ2v) is 5.56. The number of anilines is 1. The summed E-state index contributed by atoms with van der Waals surface area (Å²) in [6, 6.07) is 0. The number of carbonyl (C=O) groups is 1. The molecule has 0 bridgehead atoms. The summed E-state index contributed by atoms with van der Waals surface area (Å²) in [5.41, 5.74) is 1.34. The van der Waals surface area contributed by atoms with Crippen molar-refractivity contribution in [1.82, 2.24) is 4.98 Å². The lowest BCUT2D eigenvalue weighted by atomic mass is 10.1. The number of hydrogen-bond donors (Lipinski definition) is 2. The normalized spacial score (nSPS) is 17.1. The van der Waals surface area contributed by atoms with Crippen LogP contribution in [0.1, 0.15) is 31.9 Å². The van der Waals surface area contributed by atoms with E-state index < -0.39 is 5.97 Å². The van der Waals surface area contributed by atoms with Gasteiger partial charge in [-0.1, -0.05) is 6.92 Å². The maximum Gasteiger partial charge on any atom is 0.303 e. The van der Waals surface area contributed by atoms with Crippen LogP contribution in [0.25, 0.3) is 0 Å². The van der Waals surface area contributed by atoms with Gasteiger partial charge in [0.25, 0.3) is 0 Å². The average Bonchev–Trinajstić information content (AvgIpc) is 2.80. The second kappa shape index (κ2) is 4.41. The molecule has 1 aliphatic rings. The maximum absolute atomic E-state index is 10.4. The number of carboxylic acids is 1. The van der Waals surface area contributed by atoms with E-state index in [4.69, 9.17) is 5.11 Å². The van der Waals surface area contributed by atoms with E-state index in [0.717, 1.165) is 17.4 Å². The first-order chi connectivity index (χ1) is 7.57. The number of nitrogens with one attached hydrogen (secondary N) is 1. The van der Waals surface area contributed by atoms with Gasteiger partial charge in [-0.25, -0.2) is 4.98 Å². The van der Waals surface area contributed by atoms with Crippen LogP contribution in [0.2, 0.25) is 0 Å². The smallest absolute Gasteiger partial charge is 0.303 e. The Morgan fingerprint density at radius 2 is 2.44 bits per heavy atom. The van der Waals surface area contributed by atoms with Gasteiger partial charge in [-0.15, -0.1) is 11.3 Å². The Labute approximate surface area is 98.7 Å². The summed E-state index contributed by atoms with van der Waals surface area (Å²) < 4.78 is 0. The monoisotopic (exact) mass is 240 g/mol. The summed E-state index contributed by atoms with van der Waals surface area (Å²) >= 11 is 1.55. The fourth-order valence-corrected chi connectivity index (χ4v) is 2.16. The lowest BCUT2D eigenvalue weighted by Crippen LogP contribution is -2.11. The Bertz CT molecular complexity index is 385. The highest BCUT2D eigenvalue weighted by Crippen LogP contribution is 2.44. The highest BCUT2D eigenvalue weighted by atomic mass is 32.1. The number of hydrogen-bond acceptors (Lipinski definition) is 4. The number of aryl methyl sites for hydroxylation is 1. The molecule has 0 aliphatic heterocycles. The number of carboxylic acid groups (broad SMARTS) is 1. The maximum atomic E-state index is 10.4. The van der Waals surface area contributed by atoms with Gasteiger partial charge in [0.05, 0.1) is 12.1 Å². The molecule has 0 spiro atoms. The lowest BCUT2D eigenvalue weighted by molar-refractivity contribution is -0.136. The van der Waals surface area contributed by atoms with Crippen molar-refractivity contribution < 1.29 is 9.90 Å². The minimum atomic E-state index is -0.770. The van der Waals surface area contributed by atoms with Gasteiger partial charge >= 0.3 is 5.97 Å². The summed E-state index contributed by atoms with van der Waals surface area (Å²) in [6.07, 6.45) is 3.25. The third kappa shape index (κ3) is 3.20. The third-order valence-corrected chi connectivity index (χ3v) is 3.77. The first-order valence-electron chi connectivity index (χ1n) is 5.47. The zero-order valence-electron chi connectivity index (χ0n) is 9.32. The summed E-state index contributed by atoms with van der Waals surface area (Å²) in [7, 11) is 0.